The molecule has 0 saturated heterocycles. The first-order valence-electron chi connectivity index (χ1n) is 6.44. The van der Waals surface area contributed by atoms with Crippen molar-refractivity contribution in [3.05, 3.63) is 12.1 Å². The Kier molecular flexibility index (Phi) is 2.81. The lowest BCUT2D eigenvalue weighted by atomic mass is 10.1. The fourth-order valence-corrected chi connectivity index (χ4v) is 2.75. The maximum Gasteiger partial charge on any atom is 0.215 e. The lowest BCUT2D eigenvalue weighted by Crippen LogP contribution is -2.10. The van der Waals surface area contributed by atoms with Crippen LogP contribution in [0.4, 0.5) is 5.95 Å². The molecule has 2 N–H and O–H groups in total. The van der Waals surface area contributed by atoms with E-state index in [0.29, 0.717) is 17.7 Å². The second kappa shape index (κ2) is 4.48. The quantitative estimate of drug-likeness (QED) is 0.901. The van der Waals surface area contributed by atoms with Crippen molar-refractivity contribution < 1.29 is 4.74 Å². The fourth-order valence-electron chi connectivity index (χ4n) is 2.75. The average molecular weight is 246 g/mol. The van der Waals surface area contributed by atoms with Gasteiger partial charge < -0.3 is 10.5 Å². The topological polar surface area (TPSA) is 66.0 Å². The fraction of sp³-hybridized carbons (Fsp3) is 0.538. The highest BCUT2D eigenvalue weighted by atomic mass is 16.5. The van der Waals surface area contributed by atoms with Gasteiger partial charge in [0.25, 0.3) is 0 Å². The lowest BCUT2D eigenvalue weighted by molar-refractivity contribution is 0.398. The monoisotopic (exact) mass is 246 g/mol. The zero-order chi connectivity index (χ0) is 12.5. The summed E-state index contributed by atoms with van der Waals surface area (Å²) < 4.78 is 7.19. The number of nitrogens with two attached hydrogens (primary N) is 1. The molecule has 1 aliphatic carbocycles. The van der Waals surface area contributed by atoms with E-state index in [2.05, 4.69) is 9.97 Å². The number of hydrogen-bond donors (Lipinski definition) is 1. The highest BCUT2D eigenvalue weighted by Gasteiger charge is 2.19. The van der Waals surface area contributed by atoms with E-state index in [1.807, 2.05) is 16.7 Å². The number of anilines is 1. The molecule has 0 aromatic carbocycles. The van der Waals surface area contributed by atoms with Gasteiger partial charge in [-0.15, -0.1) is 0 Å². The smallest absolute Gasteiger partial charge is 0.215 e. The second-order valence-corrected chi connectivity index (χ2v) is 4.93. The third-order valence-electron chi connectivity index (χ3n) is 3.72. The molecule has 0 atom stereocenters. The van der Waals surface area contributed by atoms with Crippen LogP contribution in [0.2, 0.25) is 0 Å². The molecule has 96 valence electrons. The summed E-state index contributed by atoms with van der Waals surface area (Å²) in [5.74, 6) is 1.87. The van der Waals surface area contributed by atoms with Crippen LogP contribution < -0.4 is 10.5 Å². The molecule has 1 saturated carbocycles. The molecule has 1 fully saturated rings. The minimum atomic E-state index is 0.553. The number of methoxy groups -OCH3 is 1. The van der Waals surface area contributed by atoms with E-state index in [4.69, 9.17) is 10.5 Å². The molecule has 3 rings (SSSR count). The average Bonchev–Trinajstić information content (AvgIpc) is 2.99. The summed E-state index contributed by atoms with van der Waals surface area (Å²) in [5.41, 5.74) is 7.67. The van der Waals surface area contributed by atoms with Crippen LogP contribution in [0.5, 0.6) is 5.88 Å². The summed E-state index contributed by atoms with van der Waals surface area (Å²) in [5, 5.41) is 0. The van der Waals surface area contributed by atoms with E-state index in [-0.39, 0.29) is 0 Å². The number of fused-ring (bicyclic) bond motifs is 1. The third kappa shape index (κ3) is 1.89. The molecule has 5 heteroatoms. The van der Waals surface area contributed by atoms with Crippen molar-refractivity contribution in [3.8, 4) is 5.88 Å². The zero-order valence-corrected chi connectivity index (χ0v) is 10.6. The number of pyridine rings is 1. The molecule has 0 spiro atoms. The molecule has 2 heterocycles. The second-order valence-electron chi connectivity index (χ2n) is 4.93. The lowest BCUT2D eigenvalue weighted by Gasteiger charge is -2.11. The van der Waals surface area contributed by atoms with Gasteiger partial charge in [0.2, 0.25) is 11.8 Å². The number of nitrogen functional groups attached to an aromatic ring is 1. The van der Waals surface area contributed by atoms with Crippen LogP contribution in [0.25, 0.3) is 11.2 Å². The predicted molar refractivity (Wildman–Crippen MR) is 70.5 cm³/mol. The molecular weight excluding hydrogens is 228 g/mol. The number of nitrogens with zero attached hydrogens (tertiary/aromatic N) is 3. The van der Waals surface area contributed by atoms with Gasteiger partial charge in [-0.2, -0.15) is 4.98 Å². The van der Waals surface area contributed by atoms with Crippen LogP contribution in [-0.2, 0) is 6.54 Å². The van der Waals surface area contributed by atoms with Crippen molar-refractivity contribution >= 4 is 17.1 Å². The Morgan fingerprint density at radius 3 is 2.83 bits per heavy atom. The summed E-state index contributed by atoms with van der Waals surface area (Å²) in [7, 11) is 1.62. The largest absolute Gasteiger partial charge is 0.481 e. The van der Waals surface area contributed by atoms with Crippen molar-refractivity contribution in [1.29, 1.82) is 0 Å². The minimum Gasteiger partial charge on any atom is -0.481 e. The molecule has 0 unspecified atom stereocenters. The van der Waals surface area contributed by atoms with Crippen LogP contribution in [0.1, 0.15) is 25.7 Å². The summed E-state index contributed by atoms with van der Waals surface area (Å²) >= 11 is 0. The Morgan fingerprint density at radius 1 is 1.33 bits per heavy atom. The first-order valence-corrected chi connectivity index (χ1v) is 6.44. The first kappa shape index (κ1) is 11.3. The molecule has 5 nitrogen and oxygen atoms in total. The highest BCUT2D eigenvalue weighted by Crippen LogP contribution is 2.28. The van der Waals surface area contributed by atoms with Gasteiger partial charge in [0.05, 0.1) is 7.11 Å². The zero-order valence-electron chi connectivity index (χ0n) is 10.6. The van der Waals surface area contributed by atoms with Gasteiger partial charge >= 0.3 is 0 Å². The number of hydrogen-bond acceptors (Lipinski definition) is 4. The highest BCUT2D eigenvalue weighted by molar-refractivity contribution is 5.74. The van der Waals surface area contributed by atoms with E-state index >= 15 is 0 Å². The Bertz CT molecular complexity index is 557. The molecule has 2 aromatic rings. The van der Waals surface area contributed by atoms with Crippen LogP contribution in [0.3, 0.4) is 0 Å². The van der Waals surface area contributed by atoms with Crippen LogP contribution in [0, 0.1) is 5.92 Å². The minimum absolute atomic E-state index is 0.553. The molecule has 0 aliphatic heterocycles. The molecular formula is C13H18N4O. The maximum atomic E-state index is 5.99. The molecule has 0 amide bonds. The Morgan fingerprint density at radius 2 is 2.11 bits per heavy atom. The van der Waals surface area contributed by atoms with Gasteiger partial charge in [0, 0.05) is 12.6 Å². The standard InChI is InChI=1S/C13H18N4O/c1-18-11-7-6-10-12(16-11)17(13(14)15-10)8-9-4-2-3-5-9/h6-7,9H,2-5,8H2,1H3,(H2,14,15). The van der Waals surface area contributed by atoms with Crippen LogP contribution in [-0.4, -0.2) is 21.6 Å². The van der Waals surface area contributed by atoms with Crippen LogP contribution in [0.15, 0.2) is 12.1 Å². The first-order chi connectivity index (χ1) is 8.78. The van der Waals surface area contributed by atoms with E-state index in [1.165, 1.54) is 25.7 Å². The number of aromatic nitrogens is 3. The van der Waals surface area contributed by atoms with Crippen molar-refractivity contribution in [1.82, 2.24) is 14.5 Å². The van der Waals surface area contributed by atoms with Gasteiger partial charge in [-0.05, 0) is 24.8 Å². The SMILES string of the molecule is COc1ccc2nc(N)n(CC3CCCC3)c2n1. The molecule has 2 aromatic heterocycles. The number of imidazole rings is 1. The van der Waals surface area contributed by atoms with Gasteiger partial charge in [-0.3, -0.25) is 4.57 Å². The summed E-state index contributed by atoms with van der Waals surface area (Å²) in [4.78, 5) is 8.81. The Labute approximate surface area is 106 Å². The summed E-state index contributed by atoms with van der Waals surface area (Å²) in [6, 6.07) is 3.72. The predicted octanol–water partition coefficient (Wildman–Crippen LogP) is 2.21. The third-order valence-corrected chi connectivity index (χ3v) is 3.72. The Hall–Kier alpha value is -1.78. The van der Waals surface area contributed by atoms with Gasteiger partial charge in [-0.1, -0.05) is 12.8 Å². The van der Waals surface area contributed by atoms with Crippen molar-refractivity contribution in [2.75, 3.05) is 12.8 Å². The Balaban J connectivity index is 2.00. The van der Waals surface area contributed by atoms with Gasteiger partial charge in [0.1, 0.15) is 5.52 Å². The van der Waals surface area contributed by atoms with Gasteiger partial charge in [0.15, 0.2) is 5.65 Å². The van der Waals surface area contributed by atoms with E-state index in [9.17, 15) is 0 Å². The van der Waals surface area contributed by atoms with E-state index in [0.717, 1.165) is 17.7 Å². The summed E-state index contributed by atoms with van der Waals surface area (Å²) in [6.45, 7) is 0.919. The van der Waals surface area contributed by atoms with Crippen LogP contribution >= 0.6 is 0 Å². The summed E-state index contributed by atoms with van der Waals surface area (Å²) in [6.07, 6.45) is 5.22. The molecule has 18 heavy (non-hydrogen) atoms. The van der Waals surface area contributed by atoms with Gasteiger partial charge in [-0.25, -0.2) is 4.98 Å². The van der Waals surface area contributed by atoms with Crippen molar-refractivity contribution in [2.45, 2.75) is 32.2 Å². The maximum absolute atomic E-state index is 5.99. The normalized spacial score (nSPS) is 16.5. The number of rotatable bonds is 3. The molecule has 1 aliphatic rings. The number of ether oxygens (including phenoxy) is 1. The van der Waals surface area contributed by atoms with E-state index in [1.54, 1.807) is 7.11 Å². The molecule has 0 bridgehead atoms. The molecule has 0 radical (unpaired) electrons. The van der Waals surface area contributed by atoms with Crippen molar-refractivity contribution in [2.24, 2.45) is 5.92 Å². The van der Waals surface area contributed by atoms with E-state index < -0.39 is 0 Å². The van der Waals surface area contributed by atoms with Crippen molar-refractivity contribution in [3.63, 3.8) is 0 Å².